The Kier molecular flexibility index (Phi) is 4.01. The third-order valence-electron chi connectivity index (χ3n) is 3.89. The molecule has 0 N–H and O–H groups in total. The first-order valence-electron chi connectivity index (χ1n) is 7.98. The van der Waals surface area contributed by atoms with Crippen LogP contribution < -0.4 is 0 Å². The maximum Gasteiger partial charge on any atom is 0.264 e. The highest BCUT2D eigenvalue weighted by Crippen LogP contribution is 2.29. The van der Waals surface area contributed by atoms with Gasteiger partial charge in [-0.05, 0) is 24.5 Å². The topological polar surface area (TPSA) is 43.9 Å². The zero-order chi connectivity index (χ0) is 15.7. The molecule has 1 aromatic carbocycles. The summed E-state index contributed by atoms with van der Waals surface area (Å²) in [4.78, 5) is 0. The van der Waals surface area contributed by atoms with Crippen molar-refractivity contribution in [3.63, 3.8) is 0 Å². The first-order chi connectivity index (χ1) is 10.6. The van der Waals surface area contributed by atoms with Crippen molar-refractivity contribution in [3.8, 4) is 11.6 Å². The van der Waals surface area contributed by atoms with Gasteiger partial charge in [-0.25, -0.2) is 0 Å². The largest absolute Gasteiger partial charge is 0.419 e. The molecule has 2 heterocycles. The van der Waals surface area contributed by atoms with Crippen LogP contribution in [0.1, 0.15) is 45.9 Å². The van der Waals surface area contributed by atoms with E-state index in [0.29, 0.717) is 17.7 Å². The smallest absolute Gasteiger partial charge is 0.264 e. The van der Waals surface area contributed by atoms with Crippen molar-refractivity contribution in [2.45, 2.75) is 46.6 Å². The molecule has 3 aromatic rings. The number of nitrogens with zero attached hydrogens (tertiary/aromatic N) is 3. The van der Waals surface area contributed by atoms with Crippen LogP contribution in [0, 0.1) is 5.92 Å². The Balaban J connectivity index is 2.08. The van der Waals surface area contributed by atoms with Gasteiger partial charge in [0.15, 0.2) is 0 Å². The van der Waals surface area contributed by atoms with Gasteiger partial charge in [0.25, 0.3) is 5.89 Å². The van der Waals surface area contributed by atoms with E-state index in [1.54, 1.807) is 0 Å². The van der Waals surface area contributed by atoms with Crippen LogP contribution in [0.2, 0.25) is 0 Å². The number of aryl methyl sites for hydroxylation is 1. The van der Waals surface area contributed by atoms with Crippen molar-refractivity contribution in [2.75, 3.05) is 0 Å². The molecule has 4 nitrogen and oxygen atoms in total. The van der Waals surface area contributed by atoms with Gasteiger partial charge in [-0.15, -0.1) is 10.2 Å². The van der Waals surface area contributed by atoms with Gasteiger partial charge in [0.2, 0.25) is 5.89 Å². The van der Waals surface area contributed by atoms with Gasteiger partial charge in [0.05, 0.1) is 0 Å². The lowest BCUT2D eigenvalue weighted by atomic mass is 10.1. The van der Waals surface area contributed by atoms with Crippen molar-refractivity contribution < 1.29 is 4.42 Å². The predicted molar refractivity (Wildman–Crippen MR) is 88.8 cm³/mol. The summed E-state index contributed by atoms with van der Waals surface area (Å²) in [6.07, 6.45) is 1.12. The maximum atomic E-state index is 5.87. The molecule has 3 rings (SSSR count). The van der Waals surface area contributed by atoms with Crippen LogP contribution in [0.4, 0.5) is 0 Å². The summed E-state index contributed by atoms with van der Waals surface area (Å²) in [5.41, 5.74) is 2.24. The van der Waals surface area contributed by atoms with Gasteiger partial charge in [0, 0.05) is 23.4 Å². The minimum absolute atomic E-state index is 0.245. The fourth-order valence-electron chi connectivity index (χ4n) is 2.59. The van der Waals surface area contributed by atoms with Crippen LogP contribution in [-0.4, -0.2) is 14.8 Å². The molecule has 0 atom stereocenters. The monoisotopic (exact) mass is 297 g/mol. The fourth-order valence-corrected chi connectivity index (χ4v) is 2.59. The number of hydrogen-bond donors (Lipinski definition) is 0. The second-order valence-electron chi connectivity index (χ2n) is 6.52. The Hall–Kier alpha value is -2.10. The van der Waals surface area contributed by atoms with Crippen LogP contribution in [-0.2, 0) is 6.54 Å². The minimum atomic E-state index is 0.245. The molecule has 4 heteroatoms. The van der Waals surface area contributed by atoms with Gasteiger partial charge < -0.3 is 8.98 Å². The fraction of sp³-hybridized carbons (Fsp3) is 0.444. The van der Waals surface area contributed by atoms with Crippen molar-refractivity contribution in [1.29, 1.82) is 0 Å². The zero-order valence-corrected chi connectivity index (χ0v) is 13.7. The summed E-state index contributed by atoms with van der Waals surface area (Å²) in [7, 11) is 0. The number of aromatic nitrogens is 3. The zero-order valence-electron chi connectivity index (χ0n) is 13.7. The van der Waals surface area contributed by atoms with E-state index in [1.807, 2.05) is 0 Å². The Labute approximate surface area is 131 Å². The molecule has 0 aliphatic heterocycles. The summed E-state index contributed by atoms with van der Waals surface area (Å²) < 4.78 is 8.16. The number of fused-ring (bicyclic) bond motifs is 1. The van der Waals surface area contributed by atoms with Crippen LogP contribution >= 0.6 is 0 Å². The van der Waals surface area contributed by atoms with Gasteiger partial charge in [-0.2, -0.15) is 0 Å². The summed E-state index contributed by atoms with van der Waals surface area (Å²) in [6.45, 7) is 9.57. The minimum Gasteiger partial charge on any atom is -0.419 e. The van der Waals surface area contributed by atoms with Crippen LogP contribution in [0.15, 0.2) is 34.7 Å². The number of benzene rings is 1. The Morgan fingerprint density at radius 1 is 1.09 bits per heavy atom. The molecular formula is C18H23N3O. The van der Waals surface area contributed by atoms with Crippen molar-refractivity contribution in [2.24, 2.45) is 5.92 Å². The molecule has 0 amide bonds. The number of para-hydroxylation sites is 1. The second-order valence-corrected chi connectivity index (χ2v) is 6.52. The van der Waals surface area contributed by atoms with E-state index in [9.17, 15) is 0 Å². The van der Waals surface area contributed by atoms with E-state index in [2.05, 4.69) is 72.8 Å². The van der Waals surface area contributed by atoms with E-state index in [-0.39, 0.29) is 5.92 Å². The van der Waals surface area contributed by atoms with E-state index in [4.69, 9.17) is 4.42 Å². The third kappa shape index (κ3) is 2.78. The molecular weight excluding hydrogens is 274 g/mol. The lowest BCUT2D eigenvalue weighted by molar-refractivity contribution is 0.473. The van der Waals surface area contributed by atoms with E-state index in [0.717, 1.165) is 18.7 Å². The summed E-state index contributed by atoms with van der Waals surface area (Å²) in [5, 5.41) is 9.64. The highest BCUT2D eigenvalue weighted by Gasteiger charge is 2.17. The van der Waals surface area contributed by atoms with Crippen molar-refractivity contribution in [3.05, 3.63) is 36.2 Å². The molecule has 116 valence electrons. The normalized spacial score (nSPS) is 11.9. The second kappa shape index (κ2) is 5.95. The van der Waals surface area contributed by atoms with Crippen LogP contribution in [0.5, 0.6) is 0 Å². The molecule has 22 heavy (non-hydrogen) atoms. The SMILES string of the molecule is CC(C)CCn1c(-c2nnc(C(C)C)o2)cc2ccccc21. The Morgan fingerprint density at radius 2 is 1.86 bits per heavy atom. The van der Waals surface area contributed by atoms with E-state index in [1.165, 1.54) is 10.9 Å². The molecule has 0 saturated carbocycles. The van der Waals surface area contributed by atoms with E-state index < -0.39 is 0 Å². The highest BCUT2D eigenvalue weighted by atomic mass is 16.4. The molecule has 0 aliphatic carbocycles. The van der Waals surface area contributed by atoms with Gasteiger partial charge in [0.1, 0.15) is 5.69 Å². The third-order valence-corrected chi connectivity index (χ3v) is 3.89. The summed E-state index contributed by atoms with van der Waals surface area (Å²) >= 11 is 0. The standard InChI is InChI=1S/C18H23N3O/c1-12(2)9-10-21-15-8-6-5-7-14(15)11-16(21)18-20-19-17(22-18)13(3)4/h5-8,11-13H,9-10H2,1-4H3. The first-order valence-corrected chi connectivity index (χ1v) is 7.98. The Morgan fingerprint density at radius 3 is 2.55 bits per heavy atom. The van der Waals surface area contributed by atoms with Gasteiger partial charge in [-0.3, -0.25) is 0 Å². The Bertz CT molecular complexity index is 768. The molecule has 0 bridgehead atoms. The molecule has 0 spiro atoms. The number of hydrogen-bond acceptors (Lipinski definition) is 3. The average molecular weight is 297 g/mol. The molecule has 0 fully saturated rings. The lowest BCUT2D eigenvalue weighted by Crippen LogP contribution is -2.03. The maximum absolute atomic E-state index is 5.87. The molecule has 2 aromatic heterocycles. The average Bonchev–Trinajstić information content (AvgIpc) is 3.09. The van der Waals surface area contributed by atoms with Crippen molar-refractivity contribution >= 4 is 10.9 Å². The molecule has 0 radical (unpaired) electrons. The quantitative estimate of drug-likeness (QED) is 0.675. The van der Waals surface area contributed by atoms with Crippen molar-refractivity contribution in [1.82, 2.24) is 14.8 Å². The first kappa shape index (κ1) is 14.8. The van der Waals surface area contributed by atoms with Crippen LogP contribution in [0.3, 0.4) is 0 Å². The van der Waals surface area contributed by atoms with Gasteiger partial charge in [-0.1, -0.05) is 45.9 Å². The highest BCUT2D eigenvalue weighted by molar-refractivity contribution is 5.85. The van der Waals surface area contributed by atoms with Crippen LogP contribution in [0.25, 0.3) is 22.5 Å². The number of rotatable bonds is 5. The predicted octanol–water partition coefficient (Wildman–Crippen LogP) is 4.86. The molecule has 0 saturated heterocycles. The summed E-state index contributed by atoms with van der Waals surface area (Å²) in [5.74, 6) is 2.21. The molecule has 0 unspecified atom stereocenters. The van der Waals surface area contributed by atoms with E-state index >= 15 is 0 Å². The lowest BCUT2D eigenvalue weighted by Gasteiger charge is -2.10. The summed E-state index contributed by atoms with van der Waals surface area (Å²) in [6, 6.07) is 10.6. The van der Waals surface area contributed by atoms with Gasteiger partial charge >= 0.3 is 0 Å². The molecule has 0 aliphatic rings.